The number of esters is 1. The van der Waals surface area contributed by atoms with E-state index in [9.17, 15) is 64.7 Å². The number of pyridine rings is 2. The molecule has 2 aromatic heterocycles. The van der Waals surface area contributed by atoms with Crippen LogP contribution in [0.5, 0.6) is 5.75 Å². The number of hydrogen-bond donors (Lipinski definition) is 10. The second-order valence-electron chi connectivity index (χ2n) is 13.7. The Bertz CT molecular complexity index is 2290. The number of nitrogens with one attached hydrogen (secondary N) is 5. The molecule has 0 aliphatic heterocycles. The van der Waals surface area contributed by atoms with E-state index >= 15 is 0 Å². The summed E-state index contributed by atoms with van der Waals surface area (Å²) in [6.45, 7) is 1.73. The van der Waals surface area contributed by atoms with Crippen LogP contribution in [0.25, 0.3) is 0 Å². The molecule has 2 atom stereocenters. The van der Waals surface area contributed by atoms with Crippen LogP contribution in [0.2, 0.25) is 0 Å². The van der Waals surface area contributed by atoms with Crippen molar-refractivity contribution in [3.8, 4) is 5.75 Å². The van der Waals surface area contributed by atoms with Gasteiger partial charge in [-0.2, -0.15) is 36.7 Å². The lowest BCUT2D eigenvalue weighted by atomic mass is 10.1. The van der Waals surface area contributed by atoms with Gasteiger partial charge in [0, 0.05) is 50.9 Å². The summed E-state index contributed by atoms with van der Waals surface area (Å²) in [5, 5.41) is 46.9. The van der Waals surface area contributed by atoms with Gasteiger partial charge >= 0.3 is 54.2 Å². The number of aliphatic carboxylic acids is 4. The number of carboxylic acid groups (broad SMARTS) is 4. The Morgan fingerprint density at radius 2 is 0.959 bits per heavy atom. The van der Waals surface area contributed by atoms with E-state index in [1.165, 1.54) is 6.07 Å². The first-order chi connectivity index (χ1) is 34.5. The highest BCUT2D eigenvalue weighted by Gasteiger charge is 2.25. The highest BCUT2D eigenvalue weighted by atomic mass is 19.2. The average molecular weight is 1050 g/mol. The van der Waals surface area contributed by atoms with Crippen LogP contribution in [0.1, 0.15) is 84.9 Å². The van der Waals surface area contributed by atoms with Crippen molar-refractivity contribution in [1.82, 2.24) is 36.6 Å². The topological polar surface area (TPSA) is 407 Å². The lowest BCUT2D eigenvalue weighted by Crippen LogP contribution is -2.46. The van der Waals surface area contributed by atoms with E-state index < -0.39 is 94.9 Å². The predicted octanol–water partition coefficient (Wildman–Crippen LogP) is 2.30. The number of carbonyl (C=O) groups is 8. The molecule has 31 heteroatoms. The molecule has 1 aromatic carbocycles. The quantitative estimate of drug-likeness (QED) is 0.0154. The SMILES string of the molecule is NCCCCCNC(=O)N[C@@H](CCC(=O)O)C(=O)O.O=C(O)CC[C@H](NC(=O)NCCCCCNC(=O)c1ccc([18F])nc1)C(=O)O.O=C(Oc1c(F)c(F)cc(F)c1F)c1ccc([18F])nc1.O=C=O.O=C=O. The fourth-order valence-electron chi connectivity index (χ4n) is 4.85. The molecule has 0 saturated carbocycles. The lowest BCUT2D eigenvalue weighted by Gasteiger charge is -2.14. The largest absolute Gasteiger partial charge is 0.481 e. The highest BCUT2D eigenvalue weighted by Crippen LogP contribution is 2.27. The molecule has 25 nitrogen and oxygen atoms in total. The fourth-order valence-corrected chi connectivity index (χ4v) is 4.85. The predicted molar refractivity (Wildman–Crippen MR) is 228 cm³/mol. The number of benzene rings is 1. The van der Waals surface area contributed by atoms with Crippen molar-refractivity contribution in [1.29, 1.82) is 0 Å². The fraction of sp³-hybridized carbons (Fsp3) is 0.381. The van der Waals surface area contributed by atoms with Gasteiger partial charge < -0.3 is 57.5 Å². The van der Waals surface area contributed by atoms with E-state index in [0.717, 1.165) is 49.9 Å². The number of rotatable bonds is 24. The van der Waals surface area contributed by atoms with Gasteiger partial charge in [0.15, 0.2) is 11.6 Å². The van der Waals surface area contributed by atoms with E-state index in [0.29, 0.717) is 45.4 Å². The van der Waals surface area contributed by atoms with Crippen LogP contribution < -0.4 is 37.1 Å². The first-order valence-corrected chi connectivity index (χ1v) is 20.7. The third-order valence-electron chi connectivity index (χ3n) is 8.31. The van der Waals surface area contributed by atoms with Gasteiger partial charge in [-0.15, -0.1) is 0 Å². The molecule has 3 rings (SSSR count). The minimum absolute atomic E-state index is 0.0263. The maximum atomic E-state index is 13.2. The molecule has 3 aromatic rings. The molecular formula is C42H48F6N8O17. The zero-order chi connectivity index (χ0) is 55.9. The first kappa shape index (κ1) is 66.3. The molecule has 5 amide bonds. The van der Waals surface area contributed by atoms with Gasteiger partial charge in [-0.25, -0.2) is 42.7 Å². The molecule has 0 fully saturated rings. The molecule has 2 heterocycles. The summed E-state index contributed by atoms with van der Waals surface area (Å²) in [5.41, 5.74) is 5.22. The third kappa shape index (κ3) is 31.8. The molecule has 0 spiro atoms. The summed E-state index contributed by atoms with van der Waals surface area (Å²) >= 11 is 0. The van der Waals surface area contributed by atoms with Crippen molar-refractivity contribution in [3.05, 3.63) is 89.0 Å². The van der Waals surface area contributed by atoms with E-state index in [1.807, 2.05) is 0 Å². The van der Waals surface area contributed by atoms with Gasteiger partial charge in [0.05, 0.1) is 11.1 Å². The Balaban J connectivity index is 0. The number of nitrogens with zero attached hydrogens (tertiary/aromatic N) is 2. The van der Waals surface area contributed by atoms with E-state index in [1.54, 1.807) is 0 Å². The molecule has 11 N–H and O–H groups in total. The molecule has 0 aliphatic carbocycles. The van der Waals surface area contributed by atoms with E-state index in [2.05, 4.69) is 41.3 Å². The number of carboxylic acids is 4. The monoisotopic (exact) mass is 1050 g/mol. The van der Waals surface area contributed by atoms with Crippen molar-refractivity contribution in [2.75, 3.05) is 26.2 Å². The second-order valence-corrected chi connectivity index (χ2v) is 13.7. The number of carbonyl (C=O) groups excluding carboxylic acids is 8. The van der Waals surface area contributed by atoms with Gasteiger partial charge in [-0.05, 0) is 75.8 Å². The first-order valence-electron chi connectivity index (χ1n) is 20.7. The van der Waals surface area contributed by atoms with Crippen molar-refractivity contribution >= 4 is 60.1 Å². The number of unbranched alkanes of at least 4 members (excludes halogenated alkanes) is 4. The number of aromatic nitrogens is 2. The van der Waals surface area contributed by atoms with Gasteiger partial charge in [-0.3, -0.25) is 14.4 Å². The Morgan fingerprint density at radius 1 is 0.575 bits per heavy atom. The summed E-state index contributed by atoms with van der Waals surface area (Å²) < 4.78 is 81.7. The minimum Gasteiger partial charge on any atom is -0.481 e. The Morgan fingerprint density at radius 3 is 1.32 bits per heavy atom. The van der Waals surface area contributed by atoms with Crippen LogP contribution in [-0.4, -0.2) is 129 Å². The Hall–Kier alpha value is -8.82. The number of urea groups is 2. The van der Waals surface area contributed by atoms with Crippen LogP contribution >= 0.6 is 0 Å². The zero-order valence-electron chi connectivity index (χ0n) is 37.9. The Labute approximate surface area is 408 Å². The number of nitrogens with two attached hydrogens (primary N) is 1. The summed E-state index contributed by atoms with van der Waals surface area (Å²) in [7, 11) is 0. The van der Waals surface area contributed by atoms with Crippen LogP contribution in [0.3, 0.4) is 0 Å². The van der Waals surface area contributed by atoms with Crippen molar-refractivity contribution in [2.24, 2.45) is 5.73 Å². The molecule has 0 radical (unpaired) electrons. The van der Waals surface area contributed by atoms with Crippen LogP contribution in [0.15, 0.2) is 42.7 Å². The molecule has 0 unspecified atom stereocenters. The minimum atomic E-state index is -1.85. The number of hydrogen-bond acceptors (Lipinski definition) is 16. The maximum Gasteiger partial charge on any atom is 0.373 e. The summed E-state index contributed by atoms with van der Waals surface area (Å²) in [6, 6.07) is 0.379. The number of amides is 5. The molecular weight excluding hydrogens is 1000 g/mol. The number of ether oxygens (including phenoxy) is 1. The normalized spacial score (nSPS) is 10.5. The number of halogens is 6. The van der Waals surface area contributed by atoms with Gasteiger partial charge in [-0.1, -0.05) is 6.42 Å². The van der Waals surface area contributed by atoms with Gasteiger partial charge in [0.2, 0.25) is 29.3 Å². The van der Waals surface area contributed by atoms with Crippen LogP contribution in [-0.2, 0) is 38.4 Å². The average Bonchev–Trinajstić information content (AvgIpc) is 3.33. The standard InChI is InChI=1S/C17H23FN4O6.C12H4F5NO2.C11H21N3O5.2CO2/c18-13-6-4-11(10-21-13)15(25)19-8-2-1-3-9-20-17(28)22-12(16(26)27)5-7-14(23)24;13-6-3-7(14)10(17)11(9(6)16)20-12(19)5-1-2-8(15)18-4-5;12-6-2-1-3-7-13-11(19)14-8(10(17)18)4-5-9(15)16;2*2-1-3/h4,6,10,12H,1-3,5,7-9H2,(H,19,25)(H,23,24)(H,26,27)(H2,20,22,28);1-4H;8H,1-7,12H2,(H,15,16)(H,17,18)(H2,13,14,19);;/t12-;;8-;;/m0.0../s1/i18-1;15-1;;;. The molecule has 400 valence electrons. The van der Waals surface area contributed by atoms with E-state index in [4.69, 9.17) is 45.3 Å². The van der Waals surface area contributed by atoms with Crippen molar-refractivity contribution < 1.29 is 109 Å². The highest BCUT2D eigenvalue weighted by molar-refractivity contribution is 5.93. The molecule has 0 aliphatic rings. The third-order valence-corrected chi connectivity index (χ3v) is 8.31. The van der Waals surface area contributed by atoms with Gasteiger partial charge in [0.25, 0.3) is 5.91 Å². The van der Waals surface area contributed by atoms with Crippen molar-refractivity contribution in [3.63, 3.8) is 0 Å². The molecule has 73 heavy (non-hydrogen) atoms. The van der Waals surface area contributed by atoms with Crippen LogP contribution in [0, 0.1) is 35.2 Å². The second kappa shape index (κ2) is 39.0. The Kier molecular flexibility index (Phi) is 35.4. The molecule has 0 saturated heterocycles. The van der Waals surface area contributed by atoms with Gasteiger partial charge in [0.1, 0.15) is 12.1 Å². The van der Waals surface area contributed by atoms with Crippen molar-refractivity contribution in [2.45, 2.75) is 76.3 Å². The zero-order valence-corrected chi connectivity index (χ0v) is 37.9. The van der Waals surface area contributed by atoms with E-state index in [-0.39, 0.29) is 61.1 Å². The summed E-state index contributed by atoms with van der Waals surface area (Å²) in [6.07, 6.45) is 5.84. The maximum absolute atomic E-state index is 13.2. The molecule has 0 bridgehead atoms. The van der Waals surface area contributed by atoms with Crippen LogP contribution in [0.4, 0.5) is 35.9 Å². The lowest BCUT2D eigenvalue weighted by molar-refractivity contribution is -0.193. The summed E-state index contributed by atoms with van der Waals surface area (Å²) in [4.78, 5) is 128. The smallest absolute Gasteiger partial charge is 0.373 e. The summed E-state index contributed by atoms with van der Waals surface area (Å²) in [5.74, 6) is -16.7.